The molecule has 46 heavy (non-hydrogen) atoms. The second-order valence-corrected chi connectivity index (χ2v) is 11.9. The van der Waals surface area contributed by atoms with Gasteiger partial charge in [-0.1, -0.05) is 29.8 Å². The molecule has 3 heterocycles. The van der Waals surface area contributed by atoms with Crippen LogP contribution >= 0.6 is 0 Å². The van der Waals surface area contributed by atoms with Crippen LogP contribution in [0.15, 0.2) is 64.1 Å². The lowest BCUT2D eigenvalue weighted by atomic mass is 10.0. The van der Waals surface area contributed by atoms with Gasteiger partial charge in [0.05, 0.1) is 29.5 Å². The first-order valence-corrected chi connectivity index (χ1v) is 15.3. The molecular formula is C27H29F3N6O9S. The Morgan fingerprint density at radius 1 is 1.09 bits per heavy atom. The molecule has 15 nitrogen and oxygen atoms in total. The van der Waals surface area contributed by atoms with Gasteiger partial charge in [-0.3, -0.25) is 5.01 Å². The van der Waals surface area contributed by atoms with Crippen molar-refractivity contribution in [1.29, 1.82) is 0 Å². The molecule has 0 aliphatic carbocycles. The van der Waals surface area contributed by atoms with Gasteiger partial charge < -0.3 is 19.0 Å². The first-order valence-electron chi connectivity index (χ1n) is 13.8. The van der Waals surface area contributed by atoms with Gasteiger partial charge in [0.25, 0.3) is 16.3 Å². The molecule has 1 unspecified atom stereocenters. The SMILES string of the molecule is CCOC(=O)OC(C)On1on1N1CC(COC(=O)NS(=O)(=O)c2ccc(-n3nc(C(F)(F)F)cc3-c3ccc(C)cc3)cc2)C1. The third kappa shape index (κ3) is 7.59. The van der Waals surface area contributed by atoms with Crippen LogP contribution in [0.3, 0.4) is 0 Å². The monoisotopic (exact) mass is 670 g/mol. The lowest BCUT2D eigenvalue weighted by Crippen LogP contribution is -2.54. The minimum absolute atomic E-state index is 0.101. The highest BCUT2D eigenvalue weighted by atomic mass is 32.2. The first kappa shape index (κ1) is 32.3. The normalized spacial score (nSPS) is 14.4. The Morgan fingerprint density at radius 2 is 1.76 bits per heavy atom. The van der Waals surface area contributed by atoms with Gasteiger partial charge in [0, 0.05) is 36.5 Å². The van der Waals surface area contributed by atoms with Crippen molar-refractivity contribution in [3.63, 3.8) is 0 Å². The smallest absolute Gasteiger partial charge is 0.448 e. The fraction of sp³-hybridized carbons (Fsp3) is 0.370. The number of carbonyl (C=O) groups is 2. The molecule has 1 aliphatic rings. The number of aromatic nitrogens is 4. The van der Waals surface area contributed by atoms with Gasteiger partial charge >= 0.3 is 18.4 Å². The van der Waals surface area contributed by atoms with Crippen LogP contribution < -0.4 is 14.6 Å². The Labute approximate surface area is 259 Å². The van der Waals surface area contributed by atoms with Crippen LogP contribution in [0.5, 0.6) is 0 Å². The van der Waals surface area contributed by atoms with E-state index in [1.54, 1.807) is 36.2 Å². The molecule has 1 N–H and O–H groups in total. The number of ether oxygens (including phenoxy) is 3. The van der Waals surface area contributed by atoms with E-state index in [4.69, 9.17) is 18.9 Å². The van der Waals surface area contributed by atoms with Crippen molar-refractivity contribution >= 4 is 22.3 Å². The summed E-state index contributed by atoms with van der Waals surface area (Å²) in [5, 5.41) is 6.34. The summed E-state index contributed by atoms with van der Waals surface area (Å²) in [7, 11) is -4.37. The number of alkyl halides is 3. The zero-order valence-electron chi connectivity index (χ0n) is 24.6. The van der Waals surface area contributed by atoms with E-state index >= 15 is 0 Å². The number of sulfonamides is 1. The molecule has 0 saturated carbocycles. The van der Waals surface area contributed by atoms with Gasteiger partial charge in [-0.15, -0.1) is 0 Å². The fourth-order valence-corrected chi connectivity index (χ4v) is 5.18. The molecule has 1 saturated heterocycles. The van der Waals surface area contributed by atoms with E-state index < -0.39 is 40.4 Å². The fourth-order valence-electron chi connectivity index (χ4n) is 4.29. The molecule has 1 amide bonds. The lowest BCUT2D eigenvalue weighted by molar-refractivity contribution is -0.141. The van der Waals surface area contributed by atoms with Crippen LogP contribution in [0.1, 0.15) is 25.1 Å². The number of hydrogen-bond acceptors (Lipinski definition) is 11. The topological polar surface area (TPSA) is 161 Å². The maximum Gasteiger partial charge on any atom is 0.511 e. The summed E-state index contributed by atoms with van der Waals surface area (Å²) in [6, 6.07) is 12.6. The number of carbonyl (C=O) groups excluding carboxylic acids is 2. The Balaban J connectivity index is 1.13. The van der Waals surface area contributed by atoms with E-state index in [0.717, 1.165) is 33.5 Å². The molecule has 248 valence electrons. The Kier molecular flexibility index (Phi) is 8.95. The van der Waals surface area contributed by atoms with E-state index in [1.807, 2.05) is 11.6 Å². The van der Waals surface area contributed by atoms with Crippen LogP contribution in [0.25, 0.3) is 16.9 Å². The maximum absolute atomic E-state index is 13.5. The average Bonchev–Trinajstić information content (AvgIpc) is 3.53. The second-order valence-electron chi connectivity index (χ2n) is 10.2. The van der Waals surface area contributed by atoms with Gasteiger partial charge in [-0.2, -0.15) is 22.9 Å². The molecular weight excluding hydrogens is 641 g/mol. The lowest BCUT2D eigenvalue weighted by Gasteiger charge is -2.35. The molecule has 2 aromatic heterocycles. The zero-order chi connectivity index (χ0) is 33.2. The van der Waals surface area contributed by atoms with E-state index in [0.29, 0.717) is 18.7 Å². The molecule has 19 heteroatoms. The summed E-state index contributed by atoms with van der Waals surface area (Å²) >= 11 is 0. The number of amides is 1. The first-order chi connectivity index (χ1) is 21.7. The van der Waals surface area contributed by atoms with Crippen molar-refractivity contribution in [2.24, 2.45) is 5.92 Å². The van der Waals surface area contributed by atoms with E-state index in [2.05, 4.69) is 9.84 Å². The summed E-state index contributed by atoms with van der Waals surface area (Å²) in [4.78, 5) is 29.7. The molecule has 5 rings (SSSR count). The number of nitrogens with zero attached hydrogens (tertiary/aromatic N) is 5. The number of halogens is 3. The molecule has 0 radical (unpaired) electrons. The number of hydrogen-bond donors (Lipinski definition) is 1. The summed E-state index contributed by atoms with van der Waals surface area (Å²) in [6.45, 7) is 5.73. The van der Waals surface area contributed by atoms with Gasteiger partial charge in [-0.05, 0) is 44.2 Å². The van der Waals surface area contributed by atoms with E-state index in [1.165, 1.54) is 24.0 Å². The summed E-state index contributed by atoms with van der Waals surface area (Å²) in [5.41, 5.74) is 0.609. The predicted octanol–water partition coefficient (Wildman–Crippen LogP) is 3.69. The number of rotatable bonds is 11. The van der Waals surface area contributed by atoms with Crippen LogP contribution in [-0.4, -0.2) is 73.0 Å². The molecule has 1 aliphatic heterocycles. The zero-order valence-corrected chi connectivity index (χ0v) is 25.4. The van der Waals surface area contributed by atoms with Crippen molar-refractivity contribution in [1.82, 2.24) is 24.5 Å². The molecule has 1 fully saturated rings. The summed E-state index contributed by atoms with van der Waals surface area (Å²) in [5.74, 6) is -0.148. The van der Waals surface area contributed by atoms with Crippen molar-refractivity contribution in [2.45, 2.75) is 38.1 Å². The predicted molar refractivity (Wildman–Crippen MR) is 151 cm³/mol. The highest BCUT2D eigenvalue weighted by molar-refractivity contribution is 7.90. The van der Waals surface area contributed by atoms with Crippen molar-refractivity contribution in [2.75, 3.05) is 31.3 Å². The van der Waals surface area contributed by atoms with Gasteiger partial charge in [-0.25, -0.2) is 27.4 Å². The molecule has 2 aromatic carbocycles. The van der Waals surface area contributed by atoms with Crippen molar-refractivity contribution in [3.05, 3.63) is 65.9 Å². The number of aryl methyl sites for hydroxylation is 1. The molecule has 1 atom stereocenters. The van der Waals surface area contributed by atoms with E-state index in [9.17, 15) is 31.2 Å². The third-order valence-electron chi connectivity index (χ3n) is 6.61. The van der Waals surface area contributed by atoms with Gasteiger partial charge in [0.2, 0.25) is 0 Å². The highest BCUT2D eigenvalue weighted by Gasteiger charge is 2.37. The number of nitrogens with one attached hydrogen (secondary N) is 1. The van der Waals surface area contributed by atoms with Crippen molar-refractivity contribution in [3.8, 4) is 16.9 Å². The highest BCUT2D eigenvalue weighted by Crippen LogP contribution is 2.33. The van der Waals surface area contributed by atoms with Crippen LogP contribution in [-0.2, 0) is 30.4 Å². The Hall–Kier alpha value is -5.07. The van der Waals surface area contributed by atoms with Gasteiger partial charge in [0.15, 0.2) is 5.69 Å². The molecule has 0 spiro atoms. The van der Waals surface area contributed by atoms with Crippen LogP contribution in [0.4, 0.5) is 22.8 Å². The standard InChI is InChI=1S/C27H29F3N6O9S/c1-4-41-26(38)43-18(3)44-36-35(45-36)33-14-19(15-33)16-42-25(37)32-46(39,40)22-11-9-21(10-12-22)34-23(13-24(31-34)27(28,29)30)20-7-5-17(2)6-8-20/h5-13,18-19H,4,14-16H2,1-3H3,(H,32,37). The van der Waals surface area contributed by atoms with Crippen molar-refractivity contribution < 1.29 is 54.9 Å². The van der Waals surface area contributed by atoms with Gasteiger partial charge in [0.1, 0.15) is 5.02 Å². The maximum atomic E-state index is 13.5. The largest absolute Gasteiger partial charge is 0.511 e. The van der Waals surface area contributed by atoms with E-state index in [-0.39, 0.29) is 35.4 Å². The minimum Gasteiger partial charge on any atom is -0.448 e. The number of benzene rings is 2. The average molecular weight is 671 g/mol. The third-order valence-corrected chi connectivity index (χ3v) is 7.94. The van der Waals surface area contributed by atoms with Crippen LogP contribution in [0.2, 0.25) is 0 Å². The Bertz CT molecular complexity index is 1770. The second kappa shape index (κ2) is 12.7. The molecule has 0 bridgehead atoms. The minimum atomic E-state index is -4.70. The van der Waals surface area contributed by atoms with Crippen LogP contribution in [0, 0.1) is 12.8 Å². The Morgan fingerprint density at radius 3 is 2.39 bits per heavy atom. The quantitative estimate of drug-likeness (QED) is 0.183. The summed E-state index contributed by atoms with van der Waals surface area (Å²) in [6.07, 6.45) is -7.79. The summed E-state index contributed by atoms with van der Waals surface area (Å²) < 4.78 is 88.5. The molecule has 4 aromatic rings.